The van der Waals surface area contributed by atoms with E-state index in [4.69, 9.17) is 5.11 Å². The van der Waals surface area contributed by atoms with E-state index < -0.39 is 5.97 Å². The van der Waals surface area contributed by atoms with Crippen molar-refractivity contribution in [3.63, 3.8) is 0 Å². The predicted molar refractivity (Wildman–Crippen MR) is 69.0 cm³/mol. The molecule has 4 heteroatoms. The van der Waals surface area contributed by atoms with E-state index in [1.807, 2.05) is 11.8 Å². The molecular weight excluding hydrogens is 222 g/mol. The Hall–Kier alpha value is -0.220. The summed E-state index contributed by atoms with van der Waals surface area (Å²) < 4.78 is 0. The molecule has 1 fully saturated rings. The van der Waals surface area contributed by atoms with Gasteiger partial charge in [-0.3, -0.25) is 4.79 Å². The predicted octanol–water partition coefficient (Wildman–Crippen LogP) is 2.22. The summed E-state index contributed by atoms with van der Waals surface area (Å²) in [6.07, 6.45) is 7.25. The minimum Gasteiger partial charge on any atom is -0.481 e. The fraction of sp³-hybridized carbons (Fsp3) is 0.917. The third-order valence-corrected chi connectivity index (χ3v) is 4.03. The van der Waals surface area contributed by atoms with E-state index in [2.05, 4.69) is 11.6 Å². The molecule has 1 saturated carbocycles. The lowest BCUT2D eigenvalue weighted by molar-refractivity contribution is -0.143. The van der Waals surface area contributed by atoms with Crippen molar-refractivity contribution in [2.24, 2.45) is 11.8 Å². The van der Waals surface area contributed by atoms with Gasteiger partial charge in [-0.2, -0.15) is 11.8 Å². The average molecular weight is 245 g/mol. The van der Waals surface area contributed by atoms with Crippen LogP contribution >= 0.6 is 11.8 Å². The first-order valence-electron chi connectivity index (χ1n) is 6.16. The van der Waals surface area contributed by atoms with Gasteiger partial charge < -0.3 is 10.4 Å². The van der Waals surface area contributed by atoms with E-state index >= 15 is 0 Å². The fourth-order valence-corrected chi connectivity index (χ4v) is 2.69. The number of carboxylic acids is 1. The Morgan fingerprint density at radius 1 is 1.38 bits per heavy atom. The molecular formula is C12H23NO2S. The number of carbonyl (C=O) groups is 1. The number of hydrogen-bond acceptors (Lipinski definition) is 3. The van der Waals surface area contributed by atoms with Gasteiger partial charge in [-0.1, -0.05) is 0 Å². The average Bonchev–Trinajstić information content (AvgIpc) is 2.29. The van der Waals surface area contributed by atoms with Gasteiger partial charge in [0.1, 0.15) is 0 Å². The second-order valence-corrected chi connectivity index (χ2v) is 5.59. The molecule has 1 aliphatic rings. The lowest BCUT2D eigenvalue weighted by atomic mass is 9.82. The summed E-state index contributed by atoms with van der Waals surface area (Å²) in [5.74, 6) is 1.24. The molecule has 0 heterocycles. The number of thioether (sulfide) groups is 1. The van der Waals surface area contributed by atoms with E-state index in [0.717, 1.165) is 38.8 Å². The Bertz CT molecular complexity index is 203. The van der Waals surface area contributed by atoms with Gasteiger partial charge >= 0.3 is 5.97 Å². The molecule has 3 nitrogen and oxygen atoms in total. The second-order valence-electron chi connectivity index (χ2n) is 4.61. The van der Waals surface area contributed by atoms with Crippen molar-refractivity contribution in [1.29, 1.82) is 0 Å². The summed E-state index contributed by atoms with van der Waals surface area (Å²) >= 11 is 1.89. The van der Waals surface area contributed by atoms with Crippen molar-refractivity contribution >= 4 is 17.7 Å². The van der Waals surface area contributed by atoms with Gasteiger partial charge in [0.15, 0.2) is 0 Å². The van der Waals surface area contributed by atoms with Gasteiger partial charge in [-0.25, -0.2) is 0 Å². The Morgan fingerprint density at radius 2 is 2.06 bits per heavy atom. The second kappa shape index (κ2) is 7.96. The summed E-state index contributed by atoms with van der Waals surface area (Å²) in [6.45, 7) is 2.17. The monoisotopic (exact) mass is 245 g/mol. The molecule has 2 N–H and O–H groups in total. The number of hydrogen-bond donors (Lipinski definition) is 2. The zero-order chi connectivity index (χ0) is 11.8. The molecule has 1 aliphatic carbocycles. The van der Waals surface area contributed by atoms with Gasteiger partial charge in [0.2, 0.25) is 0 Å². The highest BCUT2D eigenvalue weighted by Gasteiger charge is 2.25. The smallest absolute Gasteiger partial charge is 0.306 e. The number of aliphatic carboxylic acids is 1. The number of carboxylic acid groups (broad SMARTS) is 1. The summed E-state index contributed by atoms with van der Waals surface area (Å²) in [5, 5.41) is 12.4. The van der Waals surface area contributed by atoms with E-state index in [-0.39, 0.29) is 5.92 Å². The first-order chi connectivity index (χ1) is 7.74. The van der Waals surface area contributed by atoms with Crippen molar-refractivity contribution in [1.82, 2.24) is 5.32 Å². The van der Waals surface area contributed by atoms with Crippen LogP contribution in [0.25, 0.3) is 0 Å². The lowest BCUT2D eigenvalue weighted by Crippen LogP contribution is -2.29. The van der Waals surface area contributed by atoms with Crippen LogP contribution in [0.1, 0.15) is 32.1 Å². The SMILES string of the molecule is CSCCCNCC1CCC(C(=O)O)CC1. The van der Waals surface area contributed by atoms with Gasteiger partial charge in [-0.05, 0) is 63.1 Å². The summed E-state index contributed by atoms with van der Waals surface area (Å²) in [7, 11) is 0. The maximum absolute atomic E-state index is 10.8. The van der Waals surface area contributed by atoms with E-state index in [1.165, 1.54) is 12.2 Å². The molecule has 0 aromatic rings. The molecule has 0 aromatic heterocycles. The number of rotatable bonds is 7. The van der Waals surface area contributed by atoms with E-state index in [9.17, 15) is 4.79 Å². The Morgan fingerprint density at radius 3 is 2.62 bits per heavy atom. The third kappa shape index (κ3) is 5.21. The highest BCUT2D eigenvalue weighted by Crippen LogP contribution is 2.28. The standard InChI is InChI=1S/C12H23NO2S/c1-16-8-2-7-13-9-10-3-5-11(6-4-10)12(14)15/h10-11,13H,2-9H2,1H3,(H,14,15). The Balaban J connectivity index is 2.02. The molecule has 0 bridgehead atoms. The van der Waals surface area contributed by atoms with Crippen molar-refractivity contribution < 1.29 is 9.90 Å². The van der Waals surface area contributed by atoms with Crippen molar-refractivity contribution in [3.05, 3.63) is 0 Å². The summed E-state index contributed by atoms with van der Waals surface area (Å²) in [6, 6.07) is 0. The first kappa shape index (κ1) is 13.8. The molecule has 0 amide bonds. The molecule has 0 atom stereocenters. The van der Waals surface area contributed by atoms with Crippen molar-refractivity contribution in [2.75, 3.05) is 25.1 Å². The molecule has 0 aromatic carbocycles. The van der Waals surface area contributed by atoms with Crippen LogP contribution in [0, 0.1) is 11.8 Å². The Kier molecular flexibility index (Phi) is 6.88. The largest absolute Gasteiger partial charge is 0.481 e. The molecule has 94 valence electrons. The molecule has 0 spiro atoms. The highest BCUT2D eigenvalue weighted by atomic mass is 32.2. The van der Waals surface area contributed by atoms with Crippen molar-refractivity contribution in [2.45, 2.75) is 32.1 Å². The summed E-state index contributed by atoms with van der Waals surface area (Å²) in [5.41, 5.74) is 0. The Labute approximate surface area is 102 Å². The van der Waals surface area contributed by atoms with Crippen LogP contribution in [0.2, 0.25) is 0 Å². The van der Waals surface area contributed by atoms with Crippen LogP contribution in [-0.2, 0) is 4.79 Å². The molecule has 0 aliphatic heterocycles. The van der Waals surface area contributed by atoms with Crippen LogP contribution in [0.15, 0.2) is 0 Å². The quantitative estimate of drug-likeness (QED) is 0.675. The van der Waals surface area contributed by atoms with Gasteiger partial charge in [0.25, 0.3) is 0 Å². The van der Waals surface area contributed by atoms with Gasteiger partial charge in [-0.15, -0.1) is 0 Å². The zero-order valence-electron chi connectivity index (χ0n) is 10.1. The maximum atomic E-state index is 10.8. The van der Waals surface area contributed by atoms with E-state index in [1.54, 1.807) is 0 Å². The third-order valence-electron chi connectivity index (χ3n) is 3.33. The minimum absolute atomic E-state index is 0.0762. The topological polar surface area (TPSA) is 49.3 Å². The van der Waals surface area contributed by atoms with Gasteiger partial charge in [0, 0.05) is 0 Å². The number of nitrogens with one attached hydrogen (secondary N) is 1. The van der Waals surface area contributed by atoms with Crippen LogP contribution in [0.5, 0.6) is 0 Å². The van der Waals surface area contributed by atoms with E-state index in [0.29, 0.717) is 5.92 Å². The normalized spacial score (nSPS) is 25.6. The van der Waals surface area contributed by atoms with Gasteiger partial charge in [0.05, 0.1) is 5.92 Å². The molecule has 0 unspecified atom stereocenters. The van der Waals surface area contributed by atoms with Crippen LogP contribution in [0.4, 0.5) is 0 Å². The molecule has 1 rings (SSSR count). The molecule has 16 heavy (non-hydrogen) atoms. The lowest BCUT2D eigenvalue weighted by Gasteiger charge is -2.26. The zero-order valence-corrected chi connectivity index (χ0v) is 10.9. The van der Waals surface area contributed by atoms with Crippen LogP contribution in [0.3, 0.4) is 0 Å². The van der Waals surface area contributed by atoms with Crippen LogP contribution < -0.4 is 5.32 Å². The van der Waals surface area contributed by atoms with Crippen molar-refractivity contribution in [3.8, 4) is 0 Å². The summed E-state index contributed by atoms with van der Waals surface area (Å²) in [4.78, 5) is 10.8. The fourth-order valence-electron chi connectivity index (χ4n) is 2.26. The minimum atomic E-state index is -0.605. The molecule has 0 radical (unpaired) electrons. The first-order valence-corrected chi connectivity index (χ1v) is 7.56. The highest BCUT2D eigenvalue weighted by molar-refractivity contribution is 7.98. The van der Waals surface area contributed by atoms with Crippen LogP contribution in [-0.4, -0.2) is 36.2 Å². The molecule has 0 saturated heterocycles. The maximum Gasteiger partial charge on any atom is 0.306 e.